The molecule has 26 heavy (non-hydrogen) atoms. The van der Waals surface area contributed by atoms with E-state index < -0.39 is 5.97 Å². The van der Waals surface area contributed by atoms with Crippen LogP contribution in [0.5, 0.6) is 0 Å². The van der Waals surface area contributed by atoms with Gasteiger partial charge in [-0.15, -0.1) is 0 Å². The molecule has 0 fully saturated rings. The normalized spacial score (nSPS) is 11.0. The van der Waals surface area contributed by atoms with Crippen LogP contribution < -0.4 is 10.5 Å². The predicted octanol–water partition coefficient (Wildman–Crippen LogP) is 2.78. The van der Waals surface area contributed by atoms with E-state index in [2.05, 4.69) is 15.6 Å². The van der Waals surface area contributed by atoms with Gasteiger partial charge in [0.2, 0.25) is 0 Å². The molecule has 0 aliphatic carbocycles. The van der Waals surface area contributed by atoms with E-state index in [0.717, 1.165) is 0 Å². The summed E-state index contributed by atoms with van der Waals surface area (Å²) in [7, 11) is 0. The van der Waals surface area contributed by atoms with Gasteiger partial charge in [-0.3, -0.25) is 5.43 Å². The number of carboxylic acid groups (broad SMARTS) is 1. The molecular weight excluding hydrogens is 359 g/mol. The number of anilines is 1. The summed E-state index contributed by atoms with van der Waals surface area (Å²) in [6.07, 6.45) is 1.48. The number of rotatable bonds is 5. The van der Waals surface area contributed by atoms with E-state index in [1.807, 2.05) is 0 Å². The minimum Gasteiger partial charge on any atom is -0.545 e. The van der Waals surface area contributed by atoms with Gasteiger partial charge in [-0.05, 0) is 48.9 Å². The SMILES string of the molecule is Cc1nn(-c2ccc(F)cc2)c(Cl)c1/C=N\Nc1cccc(C(=O)[O-])c1. The van der Waals surface area contributed by atoms with Gasteiger partial charge in [0.05, 0.1) is 34.8 Å². The number of aromatic carboxylic acids is 1. The first-order chi connectivity index (χ1) is 12.5. The number of nitrogens with zero attached hydrogens (tertiary/aromatic N) is 3. The highest BCUT2D eigenvalue weighted by Gasteiger charge is 2.13. The van der Waals surface area contributed by atoms with E-state index in [9.17, 15) is 14.3 Å². The molecule has 0 spiro atoms. The highest BCUT2D eigenvalue weighted by molar-refractivity contribution is 6.32. The van der Waals surface area contributed by atoms with Crippen LogP contribution in [0.15, 0.2) is 53.6 Å². The molecule has 1 N–H and O–H groups in total. The Hall–Kier alpha value is -3.19. The number of hydrogen-bond donors (Lipinski definition) is 1. The fourth-order valence-electron chi connectivity index (χ4n) is 2.30. The average Bonchev–Trinajstić information content (AvgIpc) is 2.91. The Morgan fingerprint density at radius 2 is 2.04 bits per heavy atom. The Morgan fingerprint density at radius 1 is 1.31 bits per heavy atom. The molecule has 1 heterocycles. The second-order valence-electron chi connectivity index (χ2n) is 5.42. The van der Waals surface area contributed by atoms with Crippen molar-refractivity contribution in [3.8, 4) is 5.69 Å². The van der Waals surface area contributed by atoms with Crippen molar-refractivity contribution in [3.05, 3.63) is 76.3 Å². The number of hydrogen-bond acceptors (Lipinski definition) is 5. The summed E-state index contributed by atoms with van der Waals surface area (Å²) in [5, 5.41) is 19.6. The zero-order valence-electron chi connectivity index (χ0n) is 13.6. The van der Waals surface area contributed by atoms with Crippen LogP contribution >= 0.6 is 11.6 Å². The van der Waals surface area contributed by atoms with Crippen molar-refractivity contribution in [2.75, 3.05) is 5.43 Å². The predicted molar refractivity (Wildman–Crippen MR) is 95.3 cm³/mol. The number of hydrazone groups is 1. The molecule has 1 aromatic heterocycles. The molecule has 6 nitrogen and oxygen atoms in total. The van der Waals surface area contributed by atoms with Crippen molar-refractivity contribution >= 4 is 29.5 Å². The number of carbonyl (C=O) groups is 1. The molecule has 0 atom stereocenters. The van der Waals surface area contributed by atoms with Crippen molar-refractivity contribution in [2.45, 2.75) is 6.92 Å². The Bertz CT molecular complexity index is 983. The number of nitrogens with one attached hydrogen (secondary N) is 1. The van der Waals surface area contributed by atoms with Gasteiger partial charge in [0.25, 0.3) is 0 Å². The largest absolute Gasteiger partial charge is 0.545 e. The van der Waals surface area contributed by atoms with Crippen LogP contribution in [0.2, 0.25) is 5.15 Å². The van der Waals surface area contributed by atoms with Gasteiger partial charge in [-0.2, -0.15) is 10.2 Å². The van der Waals surface area contributed by atoms with Crippen LogP contribution in [0.1, 0.15) is 21.6 Å². The third-order valence-corrected chi connectivity index (χ3v) is 3.97. The minimum absolute atomic E-state index is 0.0449. The maximum absolute atomic E-state index is 13.1. The van der Waals surface area contributed by atoms with Gasteiger partial charge in [-0.1, -0.05) is 23.7 Å². The van der Waals surface area contributed by atoms with Crippen LogP contribution in [-0.4, -0.2) is 22.0 Å². The first kappa shape index (κ1) is 17.6. The second kappa shape index (κ2) is 7.37. The molecule has 0 aliphatic rings. The van der Waals surface area contributed by atoms with Crippen molar-refractivity contribution in [2.24, 2.45) is 5.10 Å². The molecule has 0 aliphatic heterocycles. The van der Waals surface area contributed by atoms with Crippen LogP contribution in [0.4, 0.5) is 10.1 Å². The van der Waals surface area contributed by atoms with E-state index >= 15 is 0 Å². The molecule has 3 aromatic rings. The number of aryl methyl sites for hydroxylation is 1. The summed E-state index contributed by atoms with van der Waals surface area (Å²) in [6.45, 7) is 1.77. The van der Waals surface area contributed by atoms with E-state index in [-0.39, 0.29) is 11.4 Å². The molecule has 0 saturated carbocycles. The summed E-state index contributed by atoms with van der Waals surface area (Å²) in [5.41, 5.74) is 5.10. The summed E-state index contributed by atoms with van der Waals surface area (Å²) < 4.78 is 14.5. The van der Waals surface area contributed by atoms with Gasteiger partial charge in [0, 0.05) is 0 Å². The lowest BCUT2D eigenvalue weighted by atomic mass is 10.2. The van der Waals surface area contributed by atoms with Crippen LogP contribution in [0.3, 0.4) is 0 Å². The van der Waals surface area contributed by atoms with Crippen molar-refractivity contribution in [3.63, 3.8) is 0 Å². The first-order valence-corrected chi connectivity index (χ1v) is 7.95. The second-order valence-corrected chi connectivity index (χ2v) is 5.77. The molecule has 0 unspecified atom stereocenters. The highest BCUT2D eigenvalue weighted by Crippen LogP contribution is 2.22. The number of carbonyl (C=O) groups excluding carboxylic acids is 1. The lowest BCUT2D eigenvalue weighted by molar-refractivity contribution is -0.255. The smallest absolute Gasteiger partial charge is 0.142 e. The molecular formula is C18H13ClFN4O2-. The summed E-state index contributed by atoms with van der Waals surface area (Å²) >= 11 is 6.35. The molecule has 2 aromatic carbocycles. The molecule has 132 valence electrons. The average molecular weight is 372 g/mol. The lowest BCUT2D eigenvalue weighted by Crippen LogP contribution is -2.22. The van der Waals surface area contributed by atoms with Crippen LogP contribution in [0.25, 0.3) is 5.69 Å². The summed E-state index contributed by atoms with van der Waals surface area (Å²) in [6, 6.07) is 11.9. The monoisotopic (exact) mass is 371 g/mol. The minimum atomic E-state index is -1.27. The van der Waals surface area contributed by atoms with E-state index in [4.69, 9.17) is 11.6 Å². The Labute approximate surface area is 153 Å². The van der Waals surface area contributed by atoms with Crippen molar-refractivity contribution in [1.82, 2.24) is 9.78 Å². The lowest BCUT2D eigenvalue weighted by Gasteiger charge is -2.05. The molecule has 0 saturated heterocycles. The fraction of sp³-hybridized carbons (Fsp3) is 0.0556. The third-order valence-electron chi connectivity index (χ3n) is 3.60. The summed E-state index contributed by atoms with van der Waals surface area (Å²) in [4.78, 5) is 10.9. The number of aromatic nitrogens is 2. The highest BCUT2D eigenvalue weighted by atomic mass is 35.5. The van der Waals surface area contributed by atoms with Crippen molar-refractivity contribution in [1.29, 1.82) is 0 Å². The Morgan fingerprint density at radius 3 is 2.73 bits per heavy atom. The molecule has 3 rings (SSSR count). The Kier molecular flexibility index (Phi) is 4.99. The first-order valence-electron chi connectivity index (χ1n) is 7.57. The van der Waals surface area contributed by atoms with Gasteiger partial charge < -0.3 is 9.90 Å². The molecule has 0 bridgehead atoms. The quantitative estimate of drug-likeness (QED) is 0.552. The molecule has 0 amide bonds. The van der Waals surface area contributed by atoms with Gasteiger partial charge in [0.1, 0.15) is 11.0 Å². The van der Waals surface area contributed by atoms with Crippen LogP contribution in [0, 0.1) is 12.7 Å². The van der Waals surface area contributed by atoms with Crippen molar-refractivity contribution < 1.29 is 14.3 Å². The zero-order chi connectivity index (χ0) is 18.7. The molecule has 8 heteroatoms. The summed E-state index contributed by atoms with van der Waals surface area (Å²) in [5.74, 6) is -1.62. The standard InChI is InChI=1S/C18H14ClFN4O2/c1-11-16(10-21-22-14-4-2-3-12(9-14)18(25)26)17(19)24(23-11)15-7-5-13(20)6-8-15/h2-10,22H,1H3,(H,25,26)/p-1/b21-10-. The number of halogens is 2. The topological polar surface area (TPSA) is 82.3 Å². The third kappa shape index (κ3) is 3.73. The fourth-order valence-corrected chi connectivity index (χ4v) is 2.62. The van der Waals surface area contributed by atoms with E-state index in [1.165, 1.54) is 35.2 Å². The van der Waals surface area contributed by atoms with E-state index in [0.29, 0.717) is 27.8 Å². The number of benzene rings is 2. The van der Waals surface area contributed by atoms with Gasteiger partial charge in [0.15, 0.2) is 0 Å². The van der Waals surface area contributed by atoms with Gasteiger partial charge >= 0.3 is 0 Å². The zero-order valence-corrected chi connectivity index (χ0v) is 14.4. The maximum atomic E-state index is 13.1. The Balaban J connectivity index is 1.82. The number of carboxylic acids is 1. The maximum Gasteiger partial charge on any atom is 0.142 e. The van der Waals surface area contributed by atoms with E-state index in [1.54, 1.807) is 31.2 Å². The van der Waals surface area contributed by atoms with Gasteiger partial charge in [-0.25, -0.2) is 9.07 Å². The molecule has 0 radical (unpaired) electrons. The van der Waals surface area contributed by atoms with Crippen LogP contribution in [-0.2, 0) is 0 Å².